The largest absolute Gasteiger partial charge is 0.493 e. The Labute approximate surface area is 394 Å². The van der Waals surface area contributed by atoms with Gasteiger partial charge in [-0.05, 0) is 104 Å². The van der Waals surface area contributed by atoms with Crippen molar-refractivity contribution in [3.05, 3.63) is 119 Å². The third-order valence-electron chi connectivity index (χ3n) is 11.4. The summed E-state index contributed by atoms with van der Waals surface area (Å²) in [4.78, 5) is 9.45. The van der Waals surface area contributed by atoms with E-state index in [-0.39, 0.29) is 42.3 Å². The molecule has 17 heteroatoms. The van der Waals surface area contributed by atoms with Gasteiger partial charge in [0.15, 0.2) is 6.20 Å². The van der Waals surface area contributed by atoms with Crippen molar-refractivity contribution in [2.24, 2.45) is 11.5 Å². The summed E-state index contributed by atoms with van der Waals surface area (Å²) in [6.45, 7) is 10.7. The number of hydrogen-bond acceptors (Lipinski definition) is 8. The number of hydrogen-bond donors (Lipinski definition) is 4. The molecule has 4 aromatic heterocycles. The maximum atomic E-state index is 14.6. The fraction of sp³-hybridized carbons (Fsp3) is 0.388. The minimum atomic E-state index is -4.88. The summed E-state index contributed by atoms with van der Waals surface area (Å²) in [5, 5.41) is 5.70. The summed E-state index contributed by atoms with van der Waals surface area (Å²) in [6, 6.07) is 17.6. The molecule has 2 aliphatic heterocycles. The average molecular weight is 1000 g/mol. The number of nitrogens with zero attached hydrogens (tertiary/aromatic N) is 4. The molecule has 6 heterocycles. The minimum absolute atomic E-state index is 0. The molecule has 1 unspecified atom stereocenters. The molecule has 7 rings (SSSR count). The number of ether oxygens (including phenoxy) is 2. The molecule has 0 bridgehead atoms. The number of halogens is 6. The van der Waals surface area contributed by atoms with Crippen LogP contribution in [0.2, 0.25) is 0 Å². The smallest absolute Gasteiger partial charge is 0.439 e. The molecule has 0 amide bonds. The van der Waals surface area contributed by atoms with Crippen LogP contribution in [-0.2, 0) is 19.5 Å². The van der Waals surface area contributed by atoms with Gasteiger partial charge in [0.2, 0.25) is 11.4 Å². The molecule has 0 radical (unpaired) electrons. The van der Waals surface area contributed by atoms with E-state index in [2.05, 4.69) is 29.5 Å². The Bertz CT molecular complexity index is 2600. The summed E-state index contributed by atoms with van der Waals surface area (Å²) in [6.07, 6.45) is 0.878. The summed E-state index contributed by atoms with van der Waals surface area (Å²) >= 11 is 0. The van der Waals surface area contributed by atoms with Gasteiger partial charge < -0.3 is 20.5 Å². The Morgan fingerprint density at radius 3 is 2.08 bits per heavy atom. The average Bonchev–Trinajstić information content (AvgIpc) is 3.53. The Kier molecular flexibility index (Phi) is 15.7. The van der Waals surface area contributed by atoms with Crippen LogP contribution in [0.25, 0.3) is 45.3 Å². The molecular formula is C49H56F6N8O2Ru+2. The van der Waals surface area contributed by atoms with Gasteiger partial charge in [-0.25, -0.2) is 9.97 Å². The molecule has 0 aliphatic carbocycles. The number of fused-ring (bicyclic) bond motifs is 3. The molecule has 5 aromatic rings. The molecule has 10 nitrogen and oxygen atoms in total. The van der Waals surface area contributed by atoms with Crippen LogP contribution < -0.4 is 40.7 Å². The number of alkyl halides is 6. The molecule has 0 spiro atoms. The number of rotatable bonds is 18. The standard InChI is InChI=1S/C49H56F6N8O2.Ru/c1-6-8-10-12-21-65-43-15-13-14-42(64-20-11-9-7-2)45(43)33-26-34(59-35(27-33)38-29-47(57,61-38)49(53,54)55)36(28-44(56)48(50,51)52)60-46-62-19-17-31(4)23-40(62)41-25-32(5)24-39(63(41)46)37-22-30(3)16-18-58-37;/h13-19,22-29,44,46,60-61H,6-12,20-21,56-57H2,1-5H3;/q+2;/b36-28-;/t44?,46-,47-;/m0./s1. The first-order chi connectivity index (χ1) is 30.9. The van der Waals surface area contributed by atoms with Crippen LogP contribution in [0.1, 0.15) is 93.2 Å². The molecule has 1 aromatic carbocycles. The van der Waals surface area contributed by atoms with Crippen molar-refractivity contribution < 1.29 is 64.4 Å². The van der Waals surface area contributed by atoms with Crippen LogP contribution in [0.4, 0.5) is 26.3 Å². The van der Waals surface area contributed by atoms with Crippen LogP contribution in [0.5, 0.6) is 11.5 Å². The van der Waals surface area contributed by atoms with E-state index in [1.807, 2.05) is 72.5 Å². The predicted octanol–water partition coefficient (Wildman–Crippen LogP) is 9.50. The fourth-order valence-corrected chi connectivity index (χ4v) is 7.96. The predicted molar refractivity (Wildman–Crippen MR) is 238 cm³/mol. The van der Waals surface area contributed by atoms with E-state index in [1.165, 1.54) is 0 Å². The van der Waals surface area contributed by atoms with Crippen LogP contribution in [0.15, 0.2) is 91.3 Å². The van der Waals surface area contributed by atoms with Crippen LogP contribution in [0, 0.1) is 20.8 Å². The zero-order valence-electron chi connectivity index (χ0n) is 37.6. The molecule has 3 atom stereocenters. The first-order valence-electron chi connectivity index (χ1n) is 22.0. The SMILES string of the molecule is CCCCCCOc1cccc(OCCCCC)c1-c1cc(C2=C[C@@](N)(C(F)(F)F)N2)nc(/C(=C/C(N)C(F)(F)F)N[C@H]2[n+]3ccc(C)cc3-c3cc(C)cc(-c4cc(C)ccn4)[n+]32)c1.[Ru]. The molecule has 0 fully saturated rings. The van der Waals surface area contributed by atoms with Gasteiger partial charge in [0.25, 0.3) is 11.4 Å². The number of nitrogens with two attached hydrogens (primary N) is 2. The second-order valence-corrected chi connectivity index (χ2v) is 16.8. The minimum Gasteiger partial charge on any atom is -0.493 e. The van der Waals surface area contributed by atoms with Crippen molar-refractivity contribution in [1.29, 1.82) is 0 Å². The van der Waals surface area contributed by atoms with Crippen molar-refractivity contribution in [2.45, 2.75) is 110 Å². The normalized spacial score (nSPS) is 17.1. The second-order valence-electron chi connectivity index (χ2n) is 16.8. The van der Waals surface area contributed by atoms with Crippen LogP contribution >= 0.6 is 0 Å². The van der Waals surface area contributed by atoms with Gasteiger partial charge in [-0.3, -0.25) is 11.1 Å². The van der Waals surface area contributed by atoms with E-state index in [4.69, 9.17) is 25.9 Å². The zero-order chi connectivity index (χ0) is 46.7. The Morgan fingerprint density at radius 2 is 1.44 bits per heavy atom. The van der Waals surface area contributed by atoms with Gasteiger partial charge in [-0.1, -0.05) is 52.0 Å². The van der Waals surface area contributed by atoms with Crippen molar-refractivity contribution in [1.82, 2.24) is 20.6 Å². The summed E-state index contributed by atoms with van der Waals surface area (Å²) in [7, 11) is 0. The maximum absolute atomic E-state index is 14.6. The summed E-state index contributed by atoms with van der Waals surface area (Å²) < 4.78 is 103. The van der Waals surface area contributed by atoms with Gasteiger partial charge >= 0.3 is 18.6 Å². The number of pyridine rings is 4. The number of nitrogens with one attached hydrogen (secondary N) is 2. The van der Waals surface area contributed by atoms with Crippen LogP contribution in [0.3, 0.4) is 0 Å². The quantitative estimate of drug-likeness (QED) is 0.0296. The zero-order valence-corrected chi connectivity index (χ0v) is 39.3. The van der Waals surface area contributed by atoms with Crippen molar-refractivity contribution in [3.8, 4) is 45.4 Å². The molecule has 2 aliphatic rings. The van der Waals surface area contributed by atoms with Crippen LogP contribution in [-0.4, -0.2) is 47.2 Å². The molecular weight excluding hydrogens is 948 g/mol. The topological polar surface area (TPSA) is 128 Å². The fourth-order valence-electron chi connectivity index (χ4n) is 7.96. The van der Waals surface area contributed by atoms with E-state index < -0.39 is 30.3 Å². The van der Waals surface area contributed by atoms with Gasteiger partial charge in [-0.15, -0.1) is 9.13 Å². The Morgan fingerprint density at radius 1 is 0.818 bits per heavy atom. The van der Waals surface area contributed by atoms with E-state index in [0.717, 1.165) is 85.2 Å². The molecule has 0 saturated heterocycles. The van der Waals surface area contributed by atoms with E-state index in [1.54, 1.807) is 36.5 Å². The van der Waals surface area contributed by atoms with Gasteiger partial charge in [0, 0.05) is 49.9 Å². The molecule has 6 N–H and O–H groups in total. The Balaban J connectivity index is 0.00000720. The van der Waals surface area contributed by atoms with Crippen molar-refractivity contribution >= 4 is 11.4 Å². The van der Waals surface area contributed by atoms with E-state index in [0.29, 0.717) is 47.2 Å². The third kappa shape index (κ3) is 10.9. The Hall–Kier alpha value is -5.38. The summed E-state index contributed by atoms with van der Waals surface area (Å²) in [5.74, 6) is 0.846. The number of aromatic nitrogens is 4. The van der Waals surface area contributed by atoms with Gasteiger partial charge in [-0.2, -0.15) is 26.3 Å². The first-order valence-corrected chi connectivity index (χ1v) is 22.0. The maximum Gasteiger partial charge on any atom is 0.439 e. The number of benzene rings is 1. The van der Waals surface area contributed by atoms with E-state index >= 15 is 0 Å². The molecule has 352 valence electrons. The third-order valence-corrected chi connectivity index (χ3v) is 11.4. The molecule has 0 saturated carbocycles. The number of aryl methyl sites for hydroxylation is 3. The molecule has 66 heavy (non-hydrogen) atoms. The first kappa shape index (κ1) is 50.0. The van der Waals surface area contributed by atoms with Gasteiger partial charge in [0.05, 0.1) is 41.6 Å². The second kappa shape index (κ2) is 20.6. The van der Waals surface area contributed by atoms with Crippen molar-refractivity contribution in [2.75, 3.05) is 13.2 Å². The number of unbranched alkanes of at least 4 members (excludes halogenated alkanes) is 5. The van der Waals surface area contributed by atoms with Crippen molar-refractivity contribution in [3.63, 3.8) is 0 Å². The monoisotopic (exact) mass is 1000 g/mol. The van der Waals surface area contributed by atoms with Gasteiger partial charge in [0.1, 0.15) is 23.2 Å². The summed E-state index contributed by atoms with van der Waals surface area (Å²) in [5.41, 5.74) is 15.0. The van der Waals surface area contributed by atoms with E-state index in [9.17, 15) is 26.3 Å².